The third-order valence-electron chi connectivity index (χ3n) is 6.52. The van der Waals surface area contributed by atoms with Gasteiger partial charge in [0, 0.05) is 55.5 Å². The molecule has 1 amide bonds. The summed E-state index contributed by atoms with van der Waals surface area (Å²) >= 11 is 3.48. The second kappa shape index (κ2) is 11.8. The molecule has 1 aromatic heterocycles. The minimum atomic E-state index is 0.00861. The number of halogens is 1. The van der Waals surface area contributed by atoms with Crippen LogP contribution >= 0.6 is 15.9 Å². The Kier molecular flexibility index (Phi) is 8.57. The summed E-state index contributed by atoms with van der Waals surface area (Å²) in [4.78, 5) is 23.3. The molecule has 186 valence electrons. The smallest absolute Gasteiger partial charge is 0.225 e. The van der Waals surface area contributed by atoms with Gasteiger partial charge < -0.3 is 20.9 Å². The average molecular weight is 540 g/mol. The van der Waals surface area contributed by atoms with Crippen molar-refractivity contribution >= 4 is 44.5 Å². The Balaban J connectivity index is 1.30. The number of rotatable bonds is 9. The molecule has 1 aliphatic rings. The van der Waals surface area contributed by atoms with Crippen molar-refractivity contribution in [3.05, 3.63) is 58.6 Å². The van der Waals surface area contributed by atoms with Crippen molar-refractivity contribution in [3.63, 3.8) is 0 Å². The maximum atomic E-state index is 11.7. The molecule has 3 aromatic rings. The molecule has 1 saturated carbocycles. The first-order valence-corrected chi connectivity index (χ1v) is 13.1. The van der Waals surface area contributed by atoms with Crippen LogP contribution in [-0.4, -0.2) is 54.6 Å². The van der Waals surface area contributed by atoms with E-state index in [0.717, 1.165) is 59.8 Å². The van der Waals surface area contributed by atoms with Gasteiger partial charge in [-0.3, -0.25) is 4.79 Å². The van der Waals surface area contributed by atoms with Gasteiger partial charge in [0.05, 0.1) is 5.52 Å². The fourth-order valence-electron chi connectivity index (χ4n) is 4.77. The Morgan fingerprint density at radius 1 is 1.03 bits per heavy atom. The molecule has 35 heavy (non-hydrogen) atoms. The number of hydrogen-bond acceptors (Lipinski definition) is 6. The van der Waals surface area contributed by atoms with Crippen LogP contribution in [0, 0.1) is 0 Å². The van der Waals surface area contributed by atoms with Crippen LogP contribution in [0.5, 0.6) is 0 Å². The topological polar surface area (TPSA) is 82.2 Å². The Morgan fingerprint density at radius 3 is 2.40 bits per heavy atom. The highest BCUT2D eigenvalue weighted by molar-refractivity contribution is 9.10. The molecule has 1 atom stereocenters. The molecule has 0 bridgehead atoms. The van der Waals surface area contributed by atoms with Crippen molar-refractivity contribution in [1.29, 1.82) is 0 Å². The summed E-state index contributed by atoms with van der Waals surface area (Å²) in [7, 11) is 4.03. The number of carbonyl (C=O) groups excluding carboxylic acids is 1. The van der Waals surface area contributed by atoms with Gasteiger partial charge in [-0.2, -0.15) is 4.98 Å². The number of nitrogens with one attached hydrogen (secondary N) is 3. The summed E-state index contributed by atoms with van der Waals surface area (Å²) in [5, 5.41) is 11.5. The van der Waals surface area contributed by atoms with Gasteiger partial charge in [0.2, 0.25) is 11.9 Å². The molecular formula is C27H35BrN6O. The molecule has 1 heterocycles. The Morgan fingerprint density at radius 2 is 1.71 bits per heavy atom. The Hall–Kier alpha value is -2.71. The van der Waals surface area contributed by atoms with Crippen molar-refractivity contribution in [2.24, 2.45) is 0 Å². The molecule has 0 radical (unpaired) electrons. The SMILES string of the molecule is CC(=O)NC(CN[C@H]1CC[C@@H](Nc2nc(N(C)C)c3ccccc3n2)CC1)Cc1ccc(Br)cc1. The summed E-state index contributed by atoms with van der Waals surface area (Å²) in [5.41, 5.74) is 2.17. The average Bonchev–Trinajstić information content (AvgIpc) is 2.84. The van der Waals surface area contributed by atoms with E-state index in [4.69, 9.17) is 9.97 Å². The summed E-state index contributed by atoms with van der Waals surface area (Å²) in [6, 6.07) is 17.3. The van der Waals surface area contributed by atoms with Crippen LogP contribution in [0.25, 0.3) is 10.9 Å². The predicted octanol–water partition coefficient (Wildman–Crippen LogP) is 4.52. The number of hydrogen-bond donors (Lipinski definition) is 3. The number of benzene rings is 2. The van der Waals surface area contributed by atoms with Crippen molar-refractivity contribution in [2.75, 3.05) is 30.9 Å². The molecule has 4 rings (SSSR count). The van der Waals surface area contributed by atoms with Crippen LogP contribution in [0.2, 0.25) is 0 Å². The van der Waals surface area contributed by atoms with E-state index in [1.165, 1.54) is 5.56 Å². The Bertz CT molecular complexity index is 1130. The van der Waals surface area contributed by atoms with E-state index >= 15 is 0 Å². The van der Waals surface area contributed by atoms with Gasteiger partial charge in [0.25, 0.3) is 0 Å². The zero-order valence-electron chi connectivity index (χ0n) is 20.7. The standard InChI is InChI=1S/C27H35BrN6O/c1-18(35)30-23(16-19-8-10-20(28)11-9-19)17-29-21-12-14-22(15-13-21)31-27-32-25-7-5-4-6-24(25)26(33-27)34(2)3/h4-11,21-23,29H,12-17H2,1-3H3,(H,30,35)(H,31,32,33)/t21-,22+,23?. The largest absolute Gasteiger partial charge is 0.362 e. The van der Waals surface area contributed by atoms with Crippen LogP contribution in [-0.2, 0) is 11.2 Å². The molecular weight excluding hydrogens is 504 g/mol. The molecule has 7 nitrogen and oxygen atoms in total. The van der Waals surface area contributed by atoms with Crippen LogP contribution in [0.15, 0.2) is 53.0 Å². The normalized spacial score (nSPS) is 18.7. The van der Waals surface area contributed by atoms with Crippen molar-refractivity contribution in [1.82, 2.24) is 20.6 Å². The molecule has 1 fully saturated rings. The zero-order valence-corrected chi connectivity index (χ0v) is 22.3. The number of aromatic nitrogens is 2. The van der Waals surface area contributed by atoms with Gasteiger partial charge in [0.15, 0.2) is 0 Å². The molecule has 0 aliphatic heterocycles. The Labute approximate surface area is 216 Å². The van der Waals surface area contributed by atoms with Gasteiger partial charge in [-0.15, -0.1) is 0 Å². The second-order valence-electron chi connectivity index (χ2n) is 9.61. The fraction of sp³-hybridized carbons (Fsp3) is 0.444. The first-order chi connectivity index (χ1) is 16.9. The van der Waals surface area contributed by atoms with Gasteiger partial charge in [-0.1, -0.05) is 40.2 Å². The number of anilines is 2. The summed E-state index contributed by atoms with van der Waals surface area (Å²) in [6.07, 6.45) is 5.09. The molecule has 8 heteroatoms. The third-order valence-corrected chi connectivity index (χ3v) is 7.05. The minimum Gasteiger partial charge on any atom is -0.362 e. The van der Waals surface area contributed by atoms with Crippen LogP contribution in [0.4, 0.5) is 11.8 Å². The molecule has 1 aliphatic carbocycles. The molecule has 1 unspecified atom stereocenters. The lowest BCUT2D eigenvalue weighted by atomic mass is 9.91. The summed E-state index contributed by atoms with van der Waals surface area (Å²) in [6.45, 7) is 2.35. The number of para-hydroxylation sites is 1. The molecule has 3 N–H and O–H groups in total. The first kappa shape index (κ1) is 25.4. The quantitative estimate of drug-likeness (QED) is 0.371. The van der Waals surface area contributed by atoms with E-state index in [-0.39, 0.29) is 11.9 Å². The number of nitrogens with zero attached hydrogens (tertiary/aromatic N) is 3. The van der Waals surface area contributed by atoms with Crippen LogP contribution in [0.3, 0.4) is 0 Å². The van der Waals surface area contributed by atoms with Crippen LogP contribution < -0.4 is 20.9 Å². The highest BCUT2D eigenvalue weighted by atomic mass is 79.9. The minimum absolute atomic E-state index is 0.00861. The lowest BCUT2D eigenvalue weighted by Crippen LogP contribution is -2.46. The molecule has 0 spiro atoms. The van der Waals surface area contributed by atoms with Gasteiger partial charge in [-0.25, -0.2) is 4.98 Å². The van der Waals surface area contributed by atoms with Crippen molar-refractivity contribution in [3.8, 4) is 0 Å². The first-order valence-electron chi connectivity index (χ1n) is 12.3. The van der Waals surface area contributed by atoms with Crippen molar-refractivity contribution in [2.45, 2.75) is 57.2 Å². The zero-order chi connectivity index (χ0) is 24.8. The molecule has 2 aromatic carbocycles. The van der Waals surface area contributed by atoms with E-state index in [1.807, 2.05) is 49.3 Å². The van der Waals surface area contributed by atoms with Gasteiger partial charge in [-0.05, 0) is 61.9 Å². The van der Waals surface area contributed by atoms with Gasteiger partial charge >= 0.3 is 0 Å². The lowest BCUT2D eigenvalue weighted by Gasteiger charge is -2.31. The number of amides is 1. The monoisotopic (exact) mass is 538 g/mol. The summed E-state index contributed by atoms with van der Waals surface area (Å²) in [5.74, 6) is 1.64. The second-order valence-corrected chi connectivity index (χ2v) is 10.5. The summed E-state index contributed by atoms with van der Waals surface area (Å²) < 4.78 is 1.06. The highest BCUT2D eigenvalue weighted by Crippen LogP contribution is 2.26. The van der Waals surface area contributed by atoms with E-state index in [0.29, 0.717) is 18.0 Å². The predicted molar refractivity (Wildman–Crippen MR) is 147 cm³/mol. The van der Waals surface area contributed by atoms with E-state index in [9.17, 15) is 4.79 Å². The number of fused-ring (bicyclic) bond motifs is 1. The van der Waals surface area contributed by atoms with E-state index < -0.39 is 0 Å². The van der Waals surface area contributed by atoms with Crippen molar-refractivity contribution < 1.29 is 4.79 Å². The third kappa shape index (κ3) is 7.15. The van der Waals surface area contributed by atoms with Crippen LogP contribution in [0.1, 0.15) is 38.2 Å². The maximum Gasteiger partial charge on any atom is 0.225 e. The van der Waals surface area contributed by atoms with Gasteiger partial charge in [0.1, 0.15) is 5.82 Å². The van der Waals surface area contributed by atoms with E-state index in [1.54, 1.807) is 6.92 Å². The maximum absolute atomic E-state index is 11.7. The lowest BCUT2D eigenvalue weighted by molar-refractivity contribution is -0.119. The highest BCUT2D eigenvalue weighted by Gasteiger charge is 2.23. The fourth-order valence-corrected chi connectivity index (χ4v) is 5.03. The van der Waals surface area contributed by atoms with E-state index in [2.05, 4.69) is 50.1 Å². The molecule has 0 saturated heterocycles. The number of carbonyl (C=O) groups is 1.